The highest BCUT2D eigenvalue weighted by Gasteiger charge is 2.27. The summed E-state index contributed by atoms with van der Waals surface area (Å²) in [5.41, 5.74) is 0.902. The van der Waals surface area contributed by atoms with E-state index >= 15 is 0 Å². The Balaban J connectivity index is 2.05. The van der Waals surface area contributed by atoms with Gasteiger partial charge in [-0.05, 0) is 36.5 Å². The monoisotopic (exact) mass is 354 g/mol. The van der Waals surface area contributed by atoms with E-state index in [2.05, 4.69) is 35.1 Å². The molecule has 0 radical (unpaired) electrons. The van der Waals surface area contributed by atoms with Crippen LogP contribution in [-0.4, -0.2) is 35.1 Å². The summed E-state index contributed by atoms with van der Waals surface area (Å²) in [5, 5.41) is 11.8. The maximum atomic E-state index is 12.2. The third-order valence-corrected chi connectivity index (χ3v) is 4.26. The highest BCUT2D eigenvalue weighted by Crippen LogP contribution is 2.30. The van der Waals surface area contributed by atoms with Gasteiger partial charge < -0.3 is 15.3 Å². The SMILES string of the molecule is CC1(C)CCN(C(=O)Nc2cc(Br)cc(C(=O)O)c2)CC1. The minimum absolute atomic E-state index is 0.138. The van der Waals surface area contributed by atoms with Gasteiger partial charge in [0.25, 0.3) is 0 Å². The molecule has 0 saturated carbocycles. The van der Waals surface area contributed by atoms with Crippen LogP contribution in [0.2, 0.25) is 0 Å². The van der Waals surface area contributed by atoms with Gasteiger partial charge in [-0.15, -0.1) is 0 Å². The molecule has 2 rings (SSSR count). The molecular weight excluding hydrogens is 336 g/mol. The lowest BCUT2D eigenvalue weighted by Crippen LogP contribution is -2.43. The van der Waals surface area contributed by atoms with Crippen LogP contribution in [0.4, 0.5) is 10.5 Å². The first-order chi connectivity index (χ1) is 9.77. The summed E-state index contributed by atoms with van der Waals surface area (Å²) in [6.07, 6.45) is 1.94. The van der Waals surface area contributed by atoms with E-state index in [4.69, 9.17) is 5.11 Å². The van der Waals surface area contributed by atoms with Gasteiger partial charge in [0.2, 0.25) is 0 Å². The maximum absolute atomic E-state index is 12.2. The van der Waals surface area contributed by atoms with E-state index in [9.17, 15) is 9.59 Å². The number of nitrogens with zero attached hydrogens (tertiary/aromatic N) is 1. The molecule has 0 atom stereocenters. The Labute approximate surface area is 132 Å². The van der Waals surface area contributed by atoms with Crippen LogP contribution < -0.4 is 5.32 Å². The molecule has 1 aromatic rings. The van der Waals surface area contributed by atoms with Gasteiger partial charge in [0.15, 0.2) is 0 Å². The van der Waals surface area contributed by atoms with Crippen molar-refractivity contribution in [3.05, 3.63) is 28.2 Å². The number of benzene rings is 1. The summed E-state index contributed by atoms with van der Waals surface area (Å²) in [4.78, 5) is 25.0. The zero-order chi connectivity index (χ0) is 15.6. The lowest BCUT2D eigenvalue weighted by Gasteiger charge is -2.36. The second-order valence-electron chi connectivity index (χ2n) is 6.12. The molecule has 2 N–H and O–H groups in total. The van der Waals surface area contributed by atoms with Gasteiger partial charge in [-0.1, -0.05) is 29.8 Å². The first kappa shape index (κ1) is 15.8. The lowest BCUT2D eigenvalue weighted by molar-refractivity contribution is 0.0696. The molecule has 6 heteroatoms. The van der Waals surface area contributed by atoms with Crippen molar-refractivity contribution in [3.63, 3.8) is 0 Å². The molecule has 1 fully saturated rings. The number of carboxylic acid groups (broad SMARTS) is 1. The van der Waals surface area contributed by atoms with E-state index in [1.54, 1.807) is 11.0 Å². The molecule has 1 aliphatic rings. The number of halogens is 1. The molecule has 5 nitrogen and oxygen atoms in total. The molecule has 2 amide bonds. The molecule has 1 saturated heterocycles. The minimum Gasteiger partial charge on any atom is -0.478 e. The number of amides is 2. The van der Waals surface area contributed by atoms with Crippen LogP contribution in [0, 0.1) is 5.41 Å². The molecule has 0 bridgehead atoms. The number of nitrogens with one attached hydrogen (secondary N) is 1. The zero-order valence-corrected chi connectivity index (χ0v) is 13.7. The summed E-state index contributed by atoms with van der Waals surface area (Å²) in [6.45, 7) is 5.85. The summed E-state index contributed by atoms with van der Waals surface area (Å²) in [7, 11) is 0. The Hall–Kier alpha value is -1.56. The van der Waals surface area contributed by atoms with Crippen LogP contribution in [0.25, 0.3) is 0 Å². The van der Waals surface area contributed by atoms with Gasteiger partial charge in [-0.3, -0.25) is 0 Å². The quantitative estimate of drug-likeness (QED) is 0.848. The summed E-state index contributed by atoms with van der Waals surface area (Å²) in [6, 6.07) is 4.47. The maximum Gasteiger partial charge on any atom is 0.335 e. The van der Waals surface area contributed by atoms with Crippen molar-refractivity contribution in [2.24, 2.45) is 5.41 Å². The topological polar surface area (TPSA) is 69.6 Å². The Kier molecular flexibility index (Phi) is 4.56. The fourth-order valence-electron chi connectivity index (χ4n) is 2.30. The van der Waals surface area contributed by atoms with E-state index in [1.165, 1.54) is 12.1 Å². The number of aromatic carboxylic acids is 1. The Morgan fingerprint density at radius 2 is 1.86 bits per heavy atom. The Morgan fingerprint density at radius 3 is 2.43 bits per heavy atom. The molecule has 0 aromatic heterocycles. The van der Waals surface area contributed by atoms with Crippen molar-refractivity contribution in [1.82, 2.24) is 4.90 Å². The number of carbonyl (C=O) groups is 2. The summed E-state index contributed by atoms with van der Waals surface area (Å²) in [5.74, 6) is -1.02. The van der Waals surface area contributed by atoms with Gasteiger partial charge in [-0.25, -0.2) is 9.59 Å². The lowest BCUT2D eigenvalue weighted by atomic mass is 9.83. The summed E-state index contributed by atoms with van der Waals surface area (Å²) >= 11 is 3.25. The Morgan fingerprint density at radius 1 is 1.24 bits per heavy atom. The molecule has 0 aliphatic carbocycles. The largest absolute Gasteiger partial charge is 0.478 e. The molecule has 0 spiro atoms. The van der Waals surface area contributed by atoms with E-state index in [0.717, 1.165) is 25.9 Å². The smallest absolute Gasteiger partial charge is 0.335 e. The fourth-order valence-corrected chi connectivity index (χ4v) is 2.80. The van der Waals surface area contributed by atoms with Gasteiger partial charge in [0, 0.05) is 23.2 Å². The highest BCUT2D eigenvalue weighted by molar-refractivity contribution is 9.10. The fraction of sp³-hybridized carbons (Fsp3) is 0.467. The zero-order valence-electron chi connectivity index (χ0n) is 12.1. The number of piperidine rings is 1. The molecule has 1 aromatic carbocycles. The summed E-state index contributed by atoms with van der Waals surface area (Å²) < 4.78 is 0.623. The average Bonchev–Trinajstić information content (AvgIpc) is 2.37. The standard InChI is InChI=1S/C15H19BrN2O3/c1-15(2)3-5-18(6-4-15)14(21)17-12-8-10(13(19)20)7-11(16)9-12/h7-9H,3-6H2,1-2H3,(H,17,21)(H,19,20). The van der Waals surface area contributed by atoms with Gasteiger partial charge in [0.05, 0.1) is 5.56 Å². The molecule has 0 unspecified atom stereocenters. The van der Waals surface area contributed by atoms with E-state index < -0.39 is 5.97 Å². The number of anilines is 1. The van der Waals surface area contributed by atoms with E-state index in [1.807, 2.05) is 0 Å². The number of hydrogen-bond donors (Lipinski definition) is 2. The number of carboxylic acids is 1. The van der Waals surface area contributed by atoms with Crippen molar-refractivity contribution in [2.45, 2.75) is 26.7 Å². The van der Waals surface area contributed by atoms with Crippen LogP contribution >= 0.6 is 15.9 Å². The van der Waals surface area contributed by atoms with Crippen LogP contribution in [0.3, 0.4) is 0 Å². The van der Waals surface area contributed by atoms with Gasteiger partial charge >= 0.3 is 12.0 Å². The van der Waals surface area contributed by atoms with Crippen LogP contribution in [0.1, 0.15) is 37.0 Å². The predicted octanol–water partition coefficient (Wildman–Crippen LogP) is 3.80. The first-order valence-electron chi connectivity index (χ1n) is 6.87. The Bertz CT molecular complexity index is 562. The number of hydrogen-bond acceptors (Lipinski definition) is 2. The van der Waals surface area contributed by atoms with Crippen molar-refractivity contribution >= 4 is 33.6 Å². The number of rotatable bonds is 2. The minimum atomic E-state index is -1.02. The highest BCUT2D eigenvalue weighted by atomic mass is 79.9. The number of likely N-dealkylation sites (tertiary alicyclic amines) is 1. The van der Waals surface area contributed by atoms with Crippen molar-refractivity contribution < 1.29 is 14.7 Å². The average molecular weight is 355 g/mol. The van der Waals surface area contributed by atoms with Gasteiger partial charge in [0.1, 0.15) is 0 Å². The van der Waals surface area contributed by atoms with Crippen molar-refractivity contribution in [1.29, 1.82) is 0 Å². The van der Waals surface area contributed by atoms with Crippen LogP contribution in [-0.2, 0) is 0 Å². The van der Waals surface area contributed by atoms with Crippen LogP contribution in [0.5, 0.6) is 0 Å². The predicted molar refractivity (Wildman–Crippen MR) is 84.7 cm³/mol. The molecule has 114 valence electrons. The third-order valence-electron chi connectivity index (χ3n) is 3.80. The van der Waals surface area contributed by atoms with Crippen molar-refractivity contribution in [3.8, 4) is 0 Å². The molecule has 1 aliphatic heterocycles. The van der Waals surface area contributed by atoms with Crippen molar-refractivity contribution in [2.75, 3.05) is 18.4 Å². The van der Waals surface area contributed by atoms with E-state index in [0.29, 0.717) is 10.2 Å². The third kappa shape index (κ3) is 4.20. The number of carbonyl (C=O) groups excluding carboxylic acids is 1. The van der Waals surface area contributed by atoms with Gasteiger partial charge in [-0.2, -0.15) is 0 Å². The second-order valence-corrected chi connectivity index (χ2v) is 7.03. The first-order valence-corrected chi connectivity index (χ1v) is 7.66. The van der Waals surface area contributed by atoms with Crippen LogP contribution in [0.15, 0.2) is 22.7 Å². The molecule has 1 heterocycles. The van der Waals surface area contributed by atoms with E-state index in [-0.39, 0.29) is 17.0 Å². The molecular formula is C15H19BrN2O3. The number of urea groups is 1. The second kappa shape index (κ2) is 6.05. The normalized spacial score (nSPS) is 17.4. The molecule has 21 heavy (non-hydrogen) atoms.